The first-order chi connectivity index (χ1) is 12.0. The zero-order valence-corrected chi connectivity index (χ0v) is 15.2. The molecule has 128 valence electrons. The fourth-order valence-electron chi connectivity index (χ4n) is 3.35. The second kappa shape index (κ2) is 7.52. The molecular formula is C23H25NO. The van der Waals surface area contributed by atoms with Gasteiger partial charge in [0.15, 0.2) is 0 Å². The molecule has 2 nitrogen and oxygen atoms in total. The first-order valence-electron chi connectivity index (χ1n) is 8.86. The van der Waals surface area contributed by atoms with Crippen LogP contribution in [0.2, 0.25) is 0 Å². The monoisotopic (exact) mass is 331 g/mol. The number of hydrogen-bond donors (Lipinski definition) is 1. The van der Waals surface area contributed by atoms with Crippen LogP contribution in [0.1, 0.15) is 34.0 Å². The number of carbonyl (C=O) groups is 1. The molecule has 1 N–H and O–H groups in total. The summed E-state index contributed by atoms with van der Waals surface area (Å²) >= 11 is 0. The number of aryl methyl sites for hydroxylation is 2. The van der Waals surface area contributed by atoms with Gasteiger partial charge >= 0.3 is 0 Å². The minimum atomic E-state index is 0.0160. The van der Waals surface area contributed by atoms with Crippen LogP contribution in [-0.4, -0.2) is 12.5 Å². The van der Waals surface area contributed by atoms with E-state index in [-0.39, 0.29) is 5.91 Å². The highest BCUT2D eigenvalue weighted by Gasteiger charge is 2.12. The molecule has 1 atom stereocenters. The molecule has 3 aromatic carbocycles. The summed E-state index contributed by atoms with van der Waals surface area (Å²) in [6, 6.07) is 20.9. The van der Waals surface area contributed by atoms with Crippen molar-refractivity contribution in [2.24, 2.45) is 5.92 Å². The van der Waals surface area contributed by atoms with E-state index in [1.807, 2.05) is 26.0 Å². The van der Waals surface area contributed by atoms with Crippen molar-refractivity contribution in [3.63, 3.8) is 0 Å². The Morgan fingerprint density at radius 2 is 1.76 bits per heavy atom. The predicted octanol–water partition coefficient (Wildman–Crippen LogP) is 5.07. The lowest BCUT2D eigenvalue weighted by atomic mass is 9.96. The normalized spacial score (nSPS) is 12.1. The van der Waals surface area contributed by atoms with E-state index in [1.54, 1.807) is 0 Å². The Morgan fingerprint density at radius 3 is 2.56 bits per heavy atom. The van der Waals surface area contributed by atoms with Crippen molar-refractivity contribution in [2.45, 2.75) is 27.2 Å². The zero-order valence-electron chi connectivity index (χ0n) is 15.2. The average Bonchev–Trinajstić information content (AvgIpc) is 2.60. The molecular weight excluding hydrogens is 306 g/mol. The third kappa shape index (κ3) is 4.08. The minimum Gasteiger partial charge on any atom is -0.352 e. The van der Waals surface area contributed by atoms with Crippen molar-refractivity contribution in [1.82, 2.24) is 5.32 Å². The van der Waals surface area contributed by atoms with Gasteiger partial charge in [-0.1, -0.05) is 67.1 Å². The molecule has 3 aromatic rings. The number of amides is 1. The third-order valence-corrected chi connectivity index (χ3v) is 4.69. The van der Waals surface area contributed by atoms with E-state index in [1.165, 1.54) is 21.9 Å². The van der Waals surface area contributed by atoms with Gasteiger partial charge in [-0.3, -0.25) is 4.79 Å². The summed E-state index contributed by atoms with van der Waals surface area (Å²) in [4.78, 5) is 12.4. The second-order valence-corrected chi connectivity index (χ2v) is 6.98. The molecule has 0 aliphatic heterocycles. The molecule has 0 radical (unpaired) electrons. The maximum atomic E-state index is 12.4. The highest BCUT2D eigenvalue weighted by atomic mass is 16.1. The van der Waals surface area contributed by atoms with Gasteiger partial charge in [0, 0.05) is 12.1 Å². The molecule has 0 saturated carbocycles. The Bertz CT molecular complexity index is 892. The molecule has 0 spiro atoms. The van der Waals surface area contributed by atoms with Gasteiger partial charge in [0.1, 0.15) is 0 Å². The Morgan fingerprint density at radius 1 is 1.00 bits per heavy atom. The zero-order chi connectivity index (χ0) is 17.8. The van der Waals surface area contributed by atoms with Crippen LogP contribution in [0, 0.1) is 19.8 Å². The van der Waals surface area contributed by atoms with Crippen LogP contribution in [0.15, 0.2) is 60.7 Å². The highest BCUT2D eigenvalue weighted by Crippen LogP contribution is 2.21. The van der Waals surface area contributed by atoms with Crippen LogP contribution in [0.5, 0.6) is 0 Å². The standard InChI is InChI=1S/C23H25NO/c1-16-11-12-21(18(3)13-16)23(25)24-15-17(2)14-20-9-6-8-19-7-4-5-10-22(19)20/h4-13,17H,14-15H2,1-3H3,(H,24,25)/t17-/m0/s1. The number of hydrogen-bond acceptors (Lipinski definition) is 1. The Labute approximate surface area is 149 Å². The van der Waals surface area contributed by atoms with E-state index in [2.05, 4.69) is 60.8 Å². The van der Waals surface area contributed by atoms with E-state index in [4.69, 9.17) is 0 Å². The van der Waals surface area contributed by atoms with Crippen LogP contribution in [0.3, 0.4) is 0 Å². The summed E-state index contributed by atoms with van der Waals surface area (Å²) < 4.78 is 0. The molecule has 0 aliphatic rings. The van der Waals surface area contributed by atoms with Gasteiger partial charge in [-0.15, -0.1) is 0 Å². The molecule has 0 saturated heterocycles. The summed E-state index contributed by atoms with van der Waals surface area (Å²) in [7, 11) is 0. The molecule has 0 aromatic heterocycles. The summed E-state index contributed by atoms with van der Waals surface area (Å²) in [6.07, 6.45) is 0.953. The highest BCUT2D eigenvalue weighted by molar-refractivity contribution is 5.95. The van der Waals surface area contributed by atoms with Gasteiger partial charge in [-0.05, 0) is 54.2 Å². The van der Waals surface area contributed by atoms with Crippen molar-refractivity contribution in [1.29, 1.82) is 0 Å². The Balaban J connectivity index is 1.64. The van der Waals surface area contributed by atoms with Gasteiger partial charge in [-0.25, -0.2) is 0 Å². The molecule has 0 fully saturated rings. The van der Waals surface area contributed by atoms with Crippen molar-refractivity contribution < 1.29 is 4.79 Å². The summed E-state index contributed by atoms with van der Waals surface area (Å²) in [5.74, 6) is 0.391. The van der Waals surface area contributed by atoms with Gasteiger partial charge < -0.3 is 5.32 Å². The van der Waals surface area contributed by atoms with Crippen LogP contribution < -0.4 is 5.32 Å². The van der Waals surface area contributed by atoms with Crippen molar-refractivity contribution in [3.05, 3.63) is 82.9 Å². The lowest BCUT2D eigenvalue weighted by Gasteiger charge is -2.15. The number of carbonyl (C=O) groups excluding carboxylic acids is 1. The lowest BCUT2D eigenvalue weighted by Crippen LogP contribution is -2.29. The Kier molecular flexibility index (Phi) is 5.18. The van der Waals surface area contributed by atoms with Crippen molar-refractivity contribution >= 4 is 16.7 Å². The molecule has 0 unspecified atom stereocenters. The van der Waals surface area contributed by atoms with E-state index in [9.17, 15) is 4.79 Å². The van der Waals surface area contributed by atoms with Crippen LogP contribution >= 0.6 is 0 Å². The second-order valence-electron chi connectivity index (χ2n) is 6.98. The maximum Gasteiger partial charge on any atom is 0.251 e. The molecule has 3 rings (SSSR count). The quantitative estimate of drug-likeness (QED) is 0.695. The number of benzene rings is 3. The number of nitrogens with one attached hydrogen (secondary N) is 1. The number of rotatable bonds is 5. The van der Waals surface area contributed by atoms with E-state index in [0.717, 1.165) is 17.5 Å². The Hall–Kier alpha value is -2.61. The fraction of sp³-hybridized carbons (Fsp3) is 0.261. The van der Waals surface area contributed by atoms with E-state index < -0.39 is 0 Å². The summed E-state index contributed by atoms with van der Waals surface area (Å²) in [5.41, 5.74) is 4.31. The largest absolute Gasteiger partial charge is 0.352 e. The average molecular weight is 331 g/mol. The van der Waals surface area contributed by atoms with E-state index in [0.29, 0.717) is 12.5 Å². The predicted molar refractivity (Wildman–Crippen MR) is 105 cm³/mol. The van der Waals surface area contributed by atoms with Gasteiger partial charge in [0.2, 0.25) is 0 Å². The summed E-state index contributed by atoms with van der Waals surface area (Å²) in [5, 5.41) is 5.66. The fourth-order valence-corrected chi connectivity index (χ4v) is 3.35. The summed E-state index contributed by atoms with van der Waals surface area (Å²) in [6.45, 7) is 6.89. The number of fused-ring (bicyclic) bond motifs is 1. The molecule has 1 amide bonds. The van der Waals surface area contributed by atoms with Crippen LogP contribution in [0.25, 0.3) is 10.8 Å². The minimum absolute atomic E-state index is 0.0160. The first-order valence-corrected chi connectivity index (χ1v) is 8.86. The first kappa shape index (κ1) is 17.2. The topological polar surface area (TPSA) is 29.1 Å². The smallest absolute Gasteiger partial charge is 0.251 e. The van der Waals surface area contributed by atoms with Gasteiger partial charge in [-0.2, -0.15) is 0 Å². The van der Waals surface area contributed by atoms with Crippen molar-refractivity contribution in [2.75, 3.05) is 6.54 Å². The van der Waals surface area contributed by atoms with Gasteiger partial charge in [0.05, 0.1) is 0 Å². The van der Waals surface area contributed by atoms with Gasteiger partial charge in [0.25, 0.3) is 5.91 Å². The lowest BCUT2D eigenvalue weighted by molar-refractivity contribution is 0.0947. The van der Waals surface area contributed by atoms with Crippen LogP contribution in [0.4, 0.5) is 0 Å². The molecule has 2 heteroatoms. The molecule has 0 aliphatic carbocycles. The van der Waals surface area contributed by atoms with E-state index >= 15 is 0 Å². The molecule has 0 heterocycles. The third-order valence-electron chi connectivity index (χ3n) is 4.69. The maximum absolute atomic E-state index is 12.4. The molecule has 0 bridgehead atoms. The van der Waals surface area contributed by atoms with Crippen molar-refractivity contribution in [3.8, 4) is 0 Å². The SMILES string of the molecule is Cc1ccc(C(=O)NC[C@@H](C)Cc2cccc3ccccc23)c(C)c1. The van der Waals surface area contributed by atoms with Crippen LogP contribution in [-0.2, 0) is 6.42 Å². The molecule has 25 heavy (non-hydrogen) atoms.